The second-order valence-electron chi connectivity index (χ2n) is 4.01. The van der Waals surface area contributed by atoms with Crippen molar-refractivity contribution in [3.63, 3.8) is 0 Å². The third kappa shape index (κ3) is 1.63. The fourth-order valence-corrected chi connectivity index (χ4v) is 1.88. The van der Waals surface area contributed by atoms with Crippen LogP contribution in [0.15, 0.2) is 30.3 Å². The van der Waals surface area contributed by atoms with Gasteiger partial charge in [-0.1, -0.05) is 30.3 Å². The van der Waals surface area contributed by atoms with Crippen molar-refractivity contribution in [3.8, 4) is 0 Å². The highest BCUT2D eigenvalue weighted by atomic mass is 19.4. The number of hydrogen-bond acceptors (Lipinski definition) is 1. The predicted octanol–water partition coefficient (Wildman–Crippen LogP) is 2.81. The van der Waals surface area contributed by atoms with Crippen molar-refractivity contribution in [1.82, 2.24) is 0 Å². The van der Waals surface area contributed by atoms with Crippen molar-refractivity contribution in [2.24, 2.45) is 11.7 Å². The lowest BCUT2D eigenvalue weighted by Gasteiger charge is -2.32. The van der Waals surface area contributed by atoms with Gasteiger partial charge in [0.2, 0.25) is 0 Å². The molecular formula is C11H12F3N. The Morgan fingerprint density at radius 1 is 1.07 bits per heavy atom. The van der Waals surface area contributed by atoms with E-state index in [9.17, 15) is 13.2 Å². The molecule has 1 aromatic rings. The molecule has 0 aromatic heterocycles. The Balaban J connectivity index is 2.44. The SMILES string of the molecule is NC(c1ccccc1)(C1CC1)C(F)(F)F. The highest BCUT2D eigenvalue weighted by Gasteiger charge is 2.60. The van der Waals surface area contributed by atoms with Crippen LogP contribution in [-0.4, -0.2) is 6.18 Å². The van der Waals surface area contributed by atoms with Gasteiger partial charge in [0.1, 0.15) is 5.54 Å². The third-order valence-corrected chi connectivity index (χ3v) is 2.94. The van der Waals surface area contributed by atoms with E-state index in [1.807, 2.05) is 0 Å². The number of rotatable bonds is 2. The molecule has 2 rings (SSSR count). The quantitative estimate of drug-likeness (QED) is 0.806. The van der Waals surface area contributed by atoms with Crippen LogP contribution < -0.4 is 5.73 Å². The zero-order chi connectivity index (χ0) is 11.1. The molecule has 1 unspecified atom stereocenters. The lowest BCUT2D eigenvalue weighted by Crippen LogP contribution is -2.52. The molecule has 0 spiro atoms. The van der Waals surface area contributed by atoms with Gasteiger partial charge in [-0.2, -0.15) is 13.2 Å². The van der Waals surface area contributed by atoms with E-state index in [1.54, 1.807) is 18.2 Å². The molecule has 4 heteroatoms. The molecule has 2 N–H and O–H groups in total. The van der Waals surface area contributed by atoms with Crippen LogP contribution in [0, 0.1) is 5.92 Å². The molecule has 0 aliphatic heterocycles. The summed E-state index contributed by atoms with van der Waals surface area (Å²) in [6.07, 6.45) is -3.26. The summed E-state index contributed by atoms with van der Waals surface area (Å²) in [6, 6.07) is 7.76. The largest absolute Gasteiger partial charge is 0.410 e. The second kappa shape index (κ2) is 3.23. The van der Waals surface area contributed by atoms with Gasteiger partial charge >= 0.3 is 6.18 Å². The van der Waals surface area contributed by atoms with Crippen molar-refractivity contribution >= 4 is 0 Å². The molecule has 82 valence electrons. The molecular weight excluding hydrogens is 203 g/mol. The molecule has 0 radical (unpaired) electrons. The van der Waals surface area contributed by atoms with Gasteiger partial charge in [-0.05, 0) is 24.3 Å². The van der Waals surface area contributed by atoms with E-state index in [-0.39, 0.29) is 5.56 Å². The summed E-state index contributed by atoms with van der Waals surface area (Å²) in [4.78, 5) is 0. The van der Waals surface area contributed by atoms with Crippen LogP contribution in [0.25, 0.3) is 0 Å². The Bertz CT molecular complexity index is 343. The molecule has 0 heterocycles. The number of halogens is 3. The number of alkyl halides is 3. The minimum absolute atomic E-state index is 0.167. The van der Waals surface area contributed by atoms with Crippen molar-refractivity contribution in [1.29, 1.82) is 0 Å². The Hall–Kier alpha value is -1.03. The van der Waals surface area contributed by atoms with Crippen molar-refractivity contribution < 1.29 is 13.2 Å². The average molecular weight is 215 g/mol. The molecule has 0 saturated heterocycles. The average Bonchev–Trinajstić information content (AvgIpc) is 2.99. The van der Waals surface area contributed by atoms with E-state index in [0.717, 1.165) is 0 Å². The molecule has 1 nitrogen and oxygen atoms in total. The maximum Gasteiger partial charge on any atom is 0.410 e. The standard InChI is InChI=1S/C11H12F3N/c12-11(13,14)10(15,9-6-7-9)8-4-2-1-3-5-8/h1-5,9H,6-7,15H2. The summed E-state index contributed by atoms with van der Waals surface area (Å²) in [5, 5.41) is 0. The first-order valence-corrected chi connectivity index (χ1v) is 4.87. The summed E-state index contributed by atoms with van der Waals surface area (Å²) >= 11 is 0. The molecule has 0 amide bonds. The van der Waals surface area contributed by atoms with Gasteiger partial charge < -0.3 is 5.73 Å². The van der Waals surface area contributed by atoms with Crippen LogP contribution in [0.5, 0.6) is 0 Å². The Labute approximate surface area is 86.1 Å². The van der Waals surface area contributed by atoms with Crippen LogP contribution >= 0.6 is 0 Å². The third-order valence-electron chi connectivity index (χ3n) is 2.94. The van der Waals surface area contributed by atoms with Gasteiger partial charge in [-0.25, -0.2) is 0 Å². The van der Waals surface area contributed by atoms with Crippen molar-refractivity contribution in [2.45, 2.75) is 24.6 Å². The molecule has 1 atom stereocenters. The van der Waals surface area contributed by atoms with Gasteiger partial charge in [0.25, 0.3) is 0 Å². The highest BCUT2D eigenvalue weighted by Crippen LogP contribution is 2.52. The fraction of sp³-hybridized carbons (Fsp3) is 0.455. The lowest BCUT2D eigenvalue weighted by molar-refractivity contribution is -0.196. The topological polar surface area (TPSA) is 26.0 Å². The van der Waals surface area contributed by atoms with Crippen LogP contribution in [0.2, 0.25) is 0 Å². The zero-order valence-electron chi connectivity index (χ0n) is 8.09. The van der Waals surface area contributed by atoms with Crippen LogP contribution in [0.3, 0.4) is 0 Å². The van der Waals surface area contributed by atoms with Crippen LogP contribution in [0.1, 0.15) is 18.4 Å². The Morgan fingerprint density at radius 3 is 2.00 bits per heavy atom. The van der Waals surface area contributed by atoms with Gasteiger partial charge in [-0.3, -0.25) is 0 Å². The number of benzene rings is 1. The molecule has 1 aliphatic carbocycles. The molecule has 1 aromatic carbocycles. The van der Waals surface area contributed by atoms with E-state index in [2.05, 4.69) is 0 Å². The van der Waals surface area contributed by atoms with Crippen molar-refractivity contribution in [3.05, 3.63) is 35.9 Å². The molecule has 1 saturated carbocycles. The summed E-state index contributed by atoms with van der Waals surface area (Å²) in [5.41, 5.74) is 3.58. The Morgan fingerprint density at radius 2 is 1.60 bits per heavy atom. The van der Waals surface area contributed by atoms with Gasteiger partial charge in [0, 0.05) is 0 Å². The maximum atomic E-state index is 13.0. The summed E-state index contributed by atoms with van der Waals surface area (Å²) < 4.78 is 38.9. The molecule has 15 heavy (non-hydrogen) atoms. The first-order valence-electron chi connectivity index (χ1n) is 4.87. The molecule has 0 bridgehead atoms. The maximum absolute atomic E-state index is 13.0. The van der Waals surface area contributed by atoms with Gasteiger partial charge in [0.15, 0.2) is 0 Å². The highest BCUT2D eigenvalue weighted by molar-refractivity contribution is 5.28. The summed E-state index contributed by atoms with van der Waals surface area (Å²) in [7, 11) is 0. The first-order chi connectivity index (χ1) is 6.96. The molecule has 1 fully saturated rings. The van der Waals surface area contributed by atoms with E-state index in [1.165, 1.54) is 12.1 Å². The van der Waals surface area contributed by atoms with Crippen LogP contribution in [0.4, 0.5) is 13.2 Å². The minimum Gasteiger partial charge on any atom is -0.314 e. The van der Waals surface area contributed by atoms with E-state index in [0.29, 0.717) is 12.8 Å². The Kier molecular flexibility index (Phi) is 2.26. The number of nitrogens with two attached hydrogens (primary N) is 1. The van der Waals surface area contributed by atoms with Gasteiger partial charge in [0.05, 0.1) is 0 Å². The second-order valence-corrected chi connectivity index (χ2v) is 4.01. The van der Waals surface area contributed by atoms with E-state index in [4.69, 9.17) is 5.73 Å². The van der Waals surface area contributed by atoms with Crippen LogP contribution in [-0.2, 0) is 5.54 Å². The van der Waals surface area contributed by atoms with Crippen molar-refractivity contribution in [2.75, 3.05) is 0 Å². The fourth-order valence-electron chi connectivity index (χ4n) is 1.88. The normalized spacial score (nSPS) is 21.1. The summed E-state index contributed by atoms with van der Waals surface area (Å²) in [6.45, 7) is 0. The predicted molar refractivity (Wildman–Crippen MR) is 51.1 cm³/mol. The summed E-state index contributed by atoms with van der Waals surface area (Å²) in [5.74, 6) is -0.458. The lowest BCUT2D eigenvalue weighted by atomic mass is 9.85. The van der Waals surface area contributed by atoms with Gasteiger partial charge in [-0.15, -0.1) is 0 Å². The molecule has 1 aliphatic rings. The smallest absolute Gasteiger partial charge is 0.314 e. The monoisotopic (exact) mass is 215 g/mol. The van der Waals surface area contributed by atoms with E-state index < -0.39 is 17.6 Å². The van der Waals surface area contributed by atoms with E-state index >= 15 is 0 Å². The first kappa shape index (κ1) is 10.5. The minimum atomic E-state index is -4.38. The zero-order valence-corrected chi connectivity index (χ0v) is 8.09. The number of hydrogen-bond donors (Lipinski definition) is 1.